The zero-order valence-electron chi connectivity index (χ0n) is 6.81. The Morgan fingerprint density at radius 3 is 2.58 bits per heavy atom. The second kappa shape index (κ2) is 3.81. The fourth-order valence-corrected chi connectivity index (χ4v) is 1.88. The summed E-state index contributed by atoms with van der Waals surface area (Å²) in [4.78, 5) is 2.29. The van der Waals surface area contributed by atoms with E-state index in [9.17, 15) is 0 Å². The van der Waals surface area contributed by atoms with Crippen LogP contribution >= 0.6 is 12.4 Å². The second-order valence-corrected chi connectivity index (χ2v) is 3.18. The quantitative estimate of drug-likeness (QED) is 0.385. The summed E-state index contributed by atoms with van der Waals surface area (Å²) >= 11 is 0. The van der Waals surface area contributed by atoms with Crippen molar-refractivity contribution in [1.29, 1.82) is 0 Å². The second-order valence-electron chi connectivity index (χ2n) is 3.18. The Hall–Kier alpha value is -0.700. The van der Waals surface area contributed by atoms with Crippen molar-refractivity contribution in [1.82, 2.24) is 4.90 Å². The van der Waals surface area contributed by atoms with Crippen molar-refractivity contribution >= 4 is 18.6 Å². The summed E-state index contributed by atoms with van der Waals surface area (Å²) in [5.74, 6) is 0.649. The van der Waals surface area contributed by atoms with Crippen LogP contribution in [-0.2, 0) is 0 Å². The van der Waals surface area contributed by atoms with E-state index in [0.717, 1.165) is 0 Å². The van der Waals surface area contributed by atoms with Gasteiger partial charge in [0.1, 0.15) is 0 Å². The molecule has 0 saturated carbocycles. The van der Waals surface area contributed by atoms with Crippen LogP contribution in [0.5, 0.6) is 0 Å². The molecule has 1 saturated heterocycles. The highest BCUT2D eigenvalue weighted by Gasteiger charge is 2.25. The Kier molecular flexibility index (Phi) is 2.98. The lowest BCUT2D eigenvalue weighted by molar-refractivity contribution is 0.236. The fourth-order valence-electron chi connectivity index (χ4n) is 1.88. The Morgan fingerprint density at radius 2 is 2.17 bits per heavy atom. The molecule has 0 amide bonds. The zero-order chi connectivity index (χ0) is 7.68. The summed E-state index contributed by atoms with van der Waals surface area (Å²) in [6.07, 6.45) is 6.11. The number of hydrogen-bond donors (Lipinski definition) is 1. The van der Waals surface area contributed by atoms with E-state index in [-0.39, 0.29) is 12.4 Å². The van der Waals surface area contributed by atoms with Crippen LogP contribution in [0.3, 0.4) is 0 Å². The van der Waals surface area contributed by atoms with Crippen LogP contribution in [0.1, 0.15) is 12.8 Å². The molecule has 2 bridgehead atoms. The third-order valence-corrected chi connectivity index (χ3v) is 2.54. The minimum absolute atomic E-state index is 0. The van der Waals surface area contributed by atoms with Crippen molar-refractivity contribution in [2.24, 2.45) is 11.1 Å². The molecule has 0 aromatic carbocycles. The lowest BCUT2D eigenvalue weighted by atomic mass is 9.86. The number of oxime groups is 1. The maximum Gasteiger partial charge on any atom is 0.0710 e. The molecule has 3 nitrogen and oxygen atoms in total. The van der Waals surface area contributed by atoms with Crippen molar-refractivity contribution in [2.45, 2.75) is 12.8 Å². The topological polar surface area (TPSA) is 35.8 Å². The van der Waals surface area contributed by atoms with Crippen molar-refractivity contribution in [3.63, 3.8) is 0 Å². The van der Waals surface area contributed by atoms with Crippen LogP contribution in [0, 0.1) is 5.92 Å². The highest BCUT2D eigenvalue weighted by atomic mass is 35.5. The van der Waals surface area contributed by atoms with Crippen LogP contribution in [0.25, 0.3) is 0 Å². The van der Waals surface area contributed by atoms with E-state index in [2.05, 4.69) is 16.3 Å². The summed E-state index contributed by atoms with van der Waals surface area (Å²) in [6, 6.07) is 0. The minimum Gasteiger partial charge on any atom is -0.411 e. The lowest BCUT2D eigenvalue weighted by Gasteiger charge is -2.37. The average Bonchev–Trinajstić information content (AvgIpc) is 2.07. The van der Waals surface area contributed by atoms with Crippen LogP contribution in [-0.4, -0.2) is 29.4 Å². The van der Waals surface area contributed by atoms with Crippen molar-refractivity contribution < 1.29 is 5.21 Å². The van der Waals surface area contributed by atoms with Crippen LogP contribution in [0.4, 0.5) is 0 Å². The fraction of sp³-hybridized carbons (Fsp3) is 0.625. The van der Waals surface area contributed by atoms with E-state index in [1.54, 1.807) is 6.21 Å². The van der Waals surface area contributed by atoms with Gasteiger partial charge in [0.15, 0.2) is 0 Å². The number of halogens is 1. The van der Waals surface area contributed by atoms with E-state index in [4.69, 9.17) is 5.21 Å². The number of piperidine rings is 1. The number of hydrogen-bond acceptors (Lipinski definition) is 3. The third kappa shape index (κ3) is 1.55. The van der Waals surface area contributed by atoms with Gasteiger partial charge in [-0.25, -0.2) is 0 Å². The van der Waals surface area contributed by atoms with Crippen molar-refractivity contribution in [3.05, 3.63) is 11.8 Å². The molecule has 0 radical (unpaired) electrons. The molecule has 68 valence electrons. The molecule has 3 rings (SSSR count). The predicted molar refractivity (Wildman–Crippen MR) is 49.9 cm³/mol. The van der Waals surface area contributed by atoms with Crippen molar-refractivity contribution in [3.8, 4) is 0 Å². The molecular formula is C8H13ClN2O. The van der Waals surface area contributed by atoms with Gasteiger partial charge in [-0.05, 0) is 24.3 Å². The molecule has 0 unspecified atom stereocenters. The van der Waals surface area contributed by atoms with E-state index < -0.39 is 0 Å². The summed E-state index contributed by atoms with van der Waals surface area (Å²) in [5.41, 5.74) is 1.19. The number of fused-ring (bicyclic) bond motifs is 2. The van der Waals surface area contributed by atoms with Gasteiger partial charge in [0.05, 0.1) is 6.21 Å². The normalized spacial score (nSPS) is 22.7. The smallest absolute Gasteiger partial charge is 0.0710 e. The lowest BCUT2D eigenvalue weighted by Crippen LogP contribution is -2.36. The van der Waals surface area contributed by atoms with Crippen LogP contribution in [0.15, 0.2) is 16.9 Å². The molecule has 0 aromatic heterocycles. The third-order valence-electron chi connectivity index (χ3n) is 2.54. The molecule has 1 N–H and O–H groups in total. The van der Waals surface area contributed by atoms with E-state index in [1.807, 2.05) is 0 Å². The number of nitrogens with zero attached hydrogens (tertiary/aromatic N) is 2. The summed E-state index contributed by atoms with van der Waals surface area (Å²) in [7, 11) is 0. The van der Waals surface area contributed by atoms with Crippen LogP contribution < -0.4 is 0 Å². The molecule has 0 atom stereocenters. The standard InChI is InChI=1S/C8H12N2O.ClH/c11-9-5-8-6-10-3-1-7(8)2-4-10;/h5-7,11H,1-4H2;1H. The molecule has 3 heterocycles. The monoisotopic (exact) mass is 188 g/mol. The average molecular weight is 189 g/mol. The Morgan fingerprint density at radius 1 is 1.50 bits per heavy atom. The predicted octanol–water partition coefficient (Wildman–Crippen LogP) is 1.48. The van der Waals surface area contributed by atoms with E-state index >= 15 is 0 Å². The summed E-state index contributed by atoms with van der Waals surface area (Å²) < 4.78 is 0. The van der Waals surface area contributed by atoms with E-state index in [0.29, 0.717) is 5.92 Å². The Labute approximate surface area is 78.1 Å². The first-order valence-corrected chi connectivity index (χ1v) is 4.03. The minimum atomic E-state index is 0. The number of allylic oxidation sites excluding steroid dienone is 1. The first-order valence-electron chi connectivity index (χ1n) is 4.03. The highest BCUT2D eigenvalue weighted by Crippen LogP contribution is 2.29. The molecular weight excluding hydrogens is 176 g/mol. The largest absolute Gasteiger partial charge is 0.411 e. The zero-order valence-corrected chi connectivity index (χ0v) is 7.63. The van der Waals surface area contributed by atoms with Crippen LogP contribution in [0.2, 0.25) is 0 Å². The summed E-state index contributed by atoms with van der Waals surface area (Å²) in [6.45, 7) is 2.35. The Bertz CT molecular complexity index is 207. The number of rotatable bonds is 1. The van der Waals surface area contributed by atoms with Gasteiger partial charge in [-0.3, -0.25) is 0 Å². The van der Waals surface area contributed by atoms with Crippen molar-refractivity contribution in [2.75, 3.05) is 13.1 Å². The van der Waals surface area contributed by atoms with Gasteiger partial charge in [-0.1, -0.05) is 5.16 Å². The highest BCUT2D eigenvalue weighted by molar-refractivity contribution is 5.85. The van der Waals surface area contributed by atoms with Gasteiger partial charge in [-0.15, -0.1) is 12.4 Å². The van der Waals surface area contributed by atoms with Gasteiger partial charge in [0.2, 0.25) is 0 Å². The first-order chi connectivity index (χ1) is 5.40. The molecule has 3 aliphatic heterocycles. The van der Waals surface area contributed by atoms with E-state index in [1.165, 1.54) is 31.5 Å². The van der Waals surface area contributed by atoms with Gasteiger partial charge < -0.3 is 10.1 Å². The SMILES string of the molecule is Cl.ON=CC1=CN2CCC1CC2. The maximum atomic E-state index is 8.36. The molecule has 4 heteroatoms. The van der Waals surface area contributed by atoms with Gasteiger partial charge in [-0.2, -0.15) is 0 Å². The maximum absolute atomic E-state index is 8.36. The molecule has 0 aromatic rings. The summed E-state index contributed by atoms with van der Waals surface area (Å²) in [5, 5.41) is 11.4. The molecule has 0 spiro atoms. The molecule has 12 heavy (non-hydrogen) atoms. The first kappa shape index (κ1) is 9.39. The molecule has 3 aliphatic rings. The van der Waals surface area contributed by atoms with Gasteiger partial charge in [0.25, 0.3) is 0 Å². The molecule has 0 aliphatic carbocycles. The molecule has 1 fully saturated rings. The Balaban J connectivity index is 0.000000720. The van der Waals surface area contributed by atoms with Gasteiger partial charge >= 0.3 is 0 Å². The van der Waals surface area contributed by atoms with Gasteiger partial charge in [0, 0.05) is 19.3 Å².